The Balaban J connectivity index is 1.97. The van der Waals surface area contributed by atoms with Crippen molar-refractivity contribution in [2.24, 2.45) is 7.05 Å². The average Bonchev–Trinajstić information content (AvgIpc) is 3.09. The van der Waals surface area contributed by atoms with Gasteiger partial charge in [0.1, 0.15) is 11.2 Å². The van der Waals surface area contributed by atoms with Crippen LogP contribution in [0.4, 0.5) is 0 Å². The highest BCUT2D eigenvalue weighted by atomic mass is 16.4. The molecule has 0 spiro atoms. The number of aromatic nitrogens is 4. The molecular weight excluding hydrogens is 252 g/mol. The first-order valence-electron chi connectivity index (χ1n) is 6.53. The number of hydrogen-bond donors (Lipinski definition) is 0. The molecule has 0 unspecified atom stereocenters. The van der Waals surface area contributed by atoms with E-state index in [1.54, 1.807) is 0 Å². The normalized spacial score (nSPS) is 13.1. The van der Waals surface area contributed by atoms with Gasteiger partial charge >= 0.3 is 5.89 Å². The van der Waals surface area contributed by atoms with E-state index in [9.17, 15) is 0 Å². The molecule has 0 aromatic carbocycles. The maximum atomic E-state index is 6.10. The van der Waals surface area contributed by atoms with Crippen LogP contribution in [0.2, 0.25) is 0 Å². The van der Waals surface area contributed by atoms with Gasteiger partial charge in [-0.1, -0.05) is 0 Å². The molecule has 0 N–H and O–H groups in total. The van der Waals surface area contributed by atoms with E-state index in [1.807, 2.05) is 42.3 Å². The summed E-state index contributed by atoms with van der Waals surface area (Å²) in [5.74, 6) is 0.888. The number of hydrogen-bond acceptors (Lipinski definition) is 3. The standard InChI is InChI=1S/C15H11N4O/c1-18-13-10(3-2-5-17-13)12-15(18)20-14-11-7-16-6-4-9(11)8-19(12)14/h2-7H,8H2,1H3/q+1. The summed E-state index contributed by atoms with van der Waals surface area (Å²) in [4.78, 5) is 8.64. The van der Waals surface area contributed by atoms with E-state index in [4.69, 9.17) is 4.42 Å². The van der Waals surface area contributed by atoms with Gasteiger partial charge in [-0.05, 0) is 18.2 Å². The lowest BCUT2D eigenvalue weighted by atomic mass is 10.2. The van der Waals surface area contributed by atoms with Gasteiger partial charge in [0, 0.05) is 31.2 Å². The first kappa shape index (κ1) is 10.1. The lowest BCUT2D eigenvalue weighted by Crippen LogP contribution is -2.30. The molecule has 96 valence electrons. The number of nitrogens with zero attached hydrogens (tertiary/aromatic N) is 4. The Bertz CT molecular complexity index is 996. The molecule has 0 saturated heterocycles. The third-order valence-electron chi connectivity index (χ3n) is 4.05. The Morgan fingerprint density at radius 2 is 2.25 bits per heavy atom. The molecule has 0 atom stereocenters. The predicted molar refractivity (Wildman–Crippen MR) is 73.0 cm³/mol. The van der Waals surface area contributed by atoms with Crippen LogP contribution in [0.15, 0.2) is 41.2 Å². The van der Waals surface area contributed by atoms with Crippen molar-refractivity contribution in [3.8, 4) is 11.5 Å². The maximum Gasteiger partial charge on any atom is 0.385 e. The van der Waals surface area contributed by atoms with Crippen molar-refractivity contribution >= 4 is 22.3 Å². The quantitative estimate of drug-likeness (QED) is 0.402. The van der Waals surface area contributed by atoms with E-state index in [1.165, 1.54) is 5.56 Å². The molecule has 5 heterocycles. The SMILES string of the molecule is Cn1c2ncccc2c2c1oc1[n+]2Cc2ccncc2-1. The second-order valence-electron chi connectivity index (χ2n) is 5.11. The van der Waals surface area contributed by atoms with Crippen molar-refractivity contribution < 1.29 is 8.98 Å². The van der Waals surface area contributed by atoms with Crippen LogP contribution < -0.4 is 4.57 Å². The van der Waals surface area contributed by atoms with E-state index in [0.29, 0.717) is 0 Å². The van der Waals surface area contributed by atoms with Crippen molar-refractivity contribution in [1.29, 1.82) is 0 Å². The Kier molecular flexibility index (Phi) is 1.65. The highest BCUT2D eigenvalue weighted by Crippen LogP contribution is 2.34. The molecule has 1 aliphatic rings. The second kappa shape index (κ2) is 3.25. The van der Waals surface area contributed by atoms with Gasteiger partial charge in [-0.15, -0.1) is 4.57 Å². The van der Waals surface area contributed by atoms with Gasteiger partial charge in [-0.3, -0.25) is 9.55 Å². The fraction of sp³-hybridized carbons (Fsp3) is 0.133. The Morgan fingerprint density at radius 3 is 3.20 bits per heavy atom. The summed E-state index contributed by atoms with van der Waals surface area (Å²) in [5.41, 5.74) is 5.26. The topological polar surface area (TPSA) is 47.7 Å². The summed E-state index contributed by atoms with van der Waals surface area (Å²) in [6.45, 7) is 0.828. The Labute approximate surface area is 114 Å². The minimum atomic E-state index is 0.828. The highest BCUT2D eigenvalue weighted by Gasteiger charge is 2.37. The van der Waals surface area contributed by atoms with E-state index in [2.05, 4.69) is 20.6 Å². The van der Waals surface area contributed by atoms with Gasteiger partial charge < -0.3 is 4.42 Å². The van der Waals surface area contributed by atoms with Crippen molar-refractivity contribution in [3.05, 3.63) is 42.4 Å². The zero-order chi connectivity index (χ0) is 13.3. The van der Waals surface area contributed by atoms with Crippen LogP contribution in [-0.2, 0) is 13.6 Å². The summed E-state index contributed by atoms with van der Waals surface area (Å²) in [7, 11) is 1.99. The maximum absolute atomic E-state index is 6.10. The number of pyridine rings is 2. The summed E-state index contributed by atoms with van der Waals surface area (Å²) >= 11 is 0. The van der Waals surface area contributed by atoms with Crippen molar-refractivity contribution in [2.75, 3.05) is 0 Å². The second-order valence-corrected chi connectivity index (χ2v) is 5.11. The first-order chi connectivity index (χ1) is 9.84. The minimum Gasteiger partial charge on any atom is -0.380 e. The molecule has 4 aromatic heterocycles. The van der Waals surface area contributed by atoms with E-state index in [0.717, 1.165) is 40.3 Å². The fourth-order valence-electron chi connectivity index (χ4n) is 3.12. The monoisotopic (exact) mass is 263 g/mol. The van der Waals surface area contributed by atoms with Crippen LogP contribution in [-0.4, -0.2) is 14.5 Å². The van der Waals surface area contributed by atoms with Gasteiger partial charge in [0.2, 0.25) is 0 Å². The molecule has 0 amide bonds. The molecule has 5 heteroatoms. The molecule has 5 nitrogen and oxygen atoms in total. The molecule has 0 fully saturated rings. The molecule has 1 aliphatic heterocycles. The summed E-state index contributed by atoms with van der Waals surface area (Å²) in [6.07, 6.45) is 5.51. The lowest BCUT2D eigenvalue weighted by molar-refractivity contribution is -0.648. The summed E-state index contributed by atoms with van der Waals surface area (Å²) in [6, 6.07) is 6.10. The smallest absolute Gasteiger partial charge is 0.380 e. The zero-order valence-electron chi connectivity index (χ0n) is 10.9. The molecule has 0 saturated carbocycles. The van der Waals surface area contributed by atoms with Gasteiger partial charge in [-0.2, -0.15) is 0 Å². The van der Waals surface area contributed by atoms with E-state index < -0.39 is 0 Å². The van der Waals surface area contributed by atoms with Gasteiger partial charge in [0.15, 0.2) is 6.54 Å². The predicted octanol–water partition coefficient (Wildman–Crippen LogP) is 2.03. The van der Waals surface area contributed by atoms with Crippen LogP contribution in [0.25, 0.3) is 33.7 Å². The van der Waals surface area contributed by atoms with Crippen LogP contribution in [0, 0.1) is 0 Å². The minimum absolute atomic E-state index is 0.828. The number of rotatable bonds is 0. The van der Waals surface area contributed by atoms with Crippen LogP contribution in [0.1, 0.15) is 5.56 Å². The third kappa shape index (κ3) is 1.02. The highest BCUT2D eigenvalue weighted by molar-refractivity contribution is 6.00. The van der Waals surface area contributed by atoms with Crippen molar-refractivity contribution in [1.82, 2.24) is 14.5 Å². The van der Waals surface area contributed by atoms with E-state index >= 15 is 0 Å². The molecular formula is C15H11N4O+. The Hall–Kier alpha value is -2.69. The molecule has 0 radical (unpaired) electrons. The largest absolute Gasteiger partial charge is 0.385 e. The summed E-state index contributed by atoms with van der Waals surface area (Å²) < 4.78 is 10.3. The molecule has 0 aliphatic carbocycles. The molecule has 20 heavy (non-hydrogen) atoms. The lowest BCUT2D eigenvalue weighted by Gasteiger charge is -1.92. The Morgan fingerprint density at radius 1 is 1.30 bits per heavy atom. The first-order valence-corrected chi connectivity index (χ1v) is 6.53. The molecule has 0 bridgehead atoms. The molecule has 5 rings (SSSR count). The van der Waals surface area contributed by atoms with Crippen molar-refractivity contribution in [3.63, 3.8) is 0 Å². The van der Waals surface area contributed by atoms with Gasteiger partial charge in [0.05, 0.1) is 5.39 Å². The fourth-order valence-corrected chi connectivity index (χ4v) is 3.12. The van der Waals surface area contributed by atoms with Crippen LogP contribution in [0.3, 0.4) is 0 Å². The van der Waals surface area contributed by atoms with Crippen LogP contribution in [0.5, 0.6) is 0 Å². The summed E-state index contributed by atoms with van der Waals surface area (Å²) in [5, 5.41) is 1.13. The number of fused-ring (bicyclic) bond motifs is 7. The van der Waals surface area contributed by atoms with Gasteiger partial charge in [-0.25, -0.2) is 4.98 Å². The number of oxazole rings is 1. The van der Waals surface area contributed by atoms with Crippen LogP contribution >= 0.6 is 0 Å². The average molecular weight is 263 g/mol. The zero-order valence-corrected chi connectivity index (χ0v) is 10.9. The number of aryl methyl sites for hydroxylation is 1. The van der Waals surface area contributed by atoms with Gasteiger partial charge in [0.25, 0.3) is 11.2 Å². The van der Waals surface area contributed by atoms with Crippen molar-refractivity contribution in [2.45, 2.75) is 6.54 Å². The third-order valence-corrected chi connectivity index (χ3v) is 4.05. The van der Waals surface area contributed by atoms with E-state index in [-0.39, 0.29) is 0 Å². The molecule has 4 aromatic rings.